The van der Waals surface area contributed by atoms with Gasteiger partial charge in [0.2, 0.25) is 5.90 Å². The van der Waals surface area contributed by atoms with E-state index in [-0.39, 0.29) is 24.6 Å². The monoisotopic (exact) mass is 443 g/mol. The van der Waals surface area contributed by atoms with Crippen LogP contribution in [0.1, 0.15) is 44.0 Å². The molecule has 2 heterocycles. The molecule has 2 aromatic rings. The molecular weight excluding hydrogens is 418 g/mol. The van der Waals surface area contributed by atoms with Crippen molar-refractivity contribution in [2.45, 2.75) is 39.0 Å². The van der Waals surface area contributed by atoms with Crippen molar-refractivity contribution < 1.29 is 19.5 Å². The molecule has 0 radical (unpaired) electrons. The van der Waals surface area contributed by atoms with Crippen LogP contribution in [0.5, 0.6) is 5.75 Å². The van der Waals surface area contributed by atoms with E-state index in [2.05, 4.69) is 15.4 Å². The lowest BCUT2D eigenvalue weighted by Crippen LogP contribution is -2.20. The highest BCUT2D eigenvalue weighted by Crippen LogP contribution is 2.31. The van der Waals surface area contributed by atoms with Crippen LogP contribution in [-0.2, 0) is 9.63 Å². The molecular formula is C23H26ClN3O4. The van der Waals surface area contributed by atoms with E-state index in [4.69, 9.17) is 26.3 Å². The Morgan fingerprint density at radius 3 is 2.77 bits per heavy atom. The van der Waals surface area contributed by atoms with Gasteiger partial charge >= 0.3 is 5.97 Å². The largest absolute Gasteiger partial charge is 0.489 e. The molecule has 164 valence electrons. The van der Waals surface area contributed by atoms with Crippen molar-refractivity contribution >= 4 is 29.2 Å². The second-order valence-corrected chi connectivity index (χ2v) is 8.57. The molecule has 1 fully saturated rings. The van der Waals surface area contributed by atoms with Crippen LogP contribution in [0.15, 0.2) is 47.5 Å². The van der Waals surface area contributed by atoms with Gasteiger partial charge in [-0.25, -0.2) is 4.99 Å². The normalized spacial score (nSPS) is 20.6. The zero-order valence-corrected chi connectivity index (χ0v) is 18.3. The fourth-order valence-electron chi connectivity index (χ4n) is 3.89. The van der Waals surface area contributed by atoms with Gasteiger partial charge in [-0.05, 0) is 68.1 Å². The van der Waals surface area contributed by atoms with Crippen LogP contribution in [0, 0.1) is 5.92 Å². The van der Waals surface area contributed by atoms with Gasteiger partial charge in [0.05, 0.1) is 11.1 Å². The average Bonchev–Trinajstić information content (AvgIpc) is 3.39. The van der Waals surface area contributed by atoms with Gasteiger partial charge in [0.25, 0.3) is 0 Å². The Morgan fingerprint density at radius 2 is 2.10 bits per heavy atom. The summed E-state index contributed by atoms with van der Waals surface area (Å²) in [6.07, 6.45) is 0.822. The van der Waals surface area contributed by atoms with Crippen LogP contribution < -0.4 is 15.1 Å². The molecule has 2 aromatic carbocycles. The van der Waals surface area contributed by atoms with Crippen molar-refractivity contribution in [2.24, 2.45) is 10.9 Å². The number of nitrogens with one attached hydrogen (secondary N) is 1. The van der Waals surface area contributed by atoms with E-state index in [1.54, 1.807) is 0 Å². The Morgan fingerprint density at radius 1 is 1.32 bits per heavy atom. The number of hydroxylamine groups is 1. The van der Waals surface area contributed by atoms with Gasteiger partial charge in [0.15, 0.2) is 6.17 Å². The molecule has 0 bridgehead atoms. The number of carbonyl (C=O) groups is 1. The Labute approximate surface area is 186 Å². The SMILES string of the molecule is CC(C)Oc1ccc(C2N=C(c3ccc(N4CCC(CC(=O)O)C4)cc3)ON2)cc1Cl. The molecule has 0 spiro atoms. The van der Waals surface area contributed by atoms with Crippen molar-refractivity contribution in [2.75, 3.05) is 18.0 Å². The molecule has 2 aliphatic rings. The van der Waals surface area contributed by atoms with E-state index in [1.165, 1.54) is 0 Å². The summed E-state index contributed by atoms with van der Waals surface area (Å²) < 4.78 is 5.68. The molecule has 31 heavy (non-hydrogen) atoms. The Kier molecular flexibility index (Phi) is 6.34. The highest BCUT2D eigenvalue weighted by atomic mass is 35.5. The number of rotatable bonds is 7. The van der Waals surface area contributed by atoms with Gasteiger partial charge < -0.3 is 19.6 Å². The third-order valence-corrected chi connectivity index (χ3v) is 5.67. The van der Waals surface area contributed by atoms with Gasteiger partial charge in [-0.15, -0.1) is 5.48 Å². The third-order valence-electron chi connectivity index (χ3n) is 5.38. The number of carboxylic acids is 1. The molecule has 0 aromatic heterocycles. The molecule has 0 amide bonds. The zero-order chi connectivity index (χ0) is 22.0. The molecule has 2 atom stereocenters. The van der Waals surface area contributed by atoms with Gasteiger partial charge in [-0.3, -0.25) is 4.79 Å². The van der Waals surface area contributed by atoms with Gasteiger partial charge in [0, 0.05) is 30.8 Å². The van der Waals surface area contributed by atoms with E-state index in [1.807, 2.05) is 56.3 Å². The van der Waals surface area contributed by atoms with Gasteiger partial charge in [0.1, 0.15) is 5.75 Å². The molecule has 0 saturated carbocycles. The number of hydrogen-bond acceptors (Lipinski definition) is 6. The summed E-state index contributed by atoms with van der Waals surface area (Å²) in [5.41, 5.74) is 5.76. The zero-order valence-electron chi connectivity index (χ0n) is 17.5. The van der Waals surface area contributed by atoms with E-state index < -0.39 is 5.97 Å². The lowest BCUT2D eigenvalue weighted by molar-refractivity contribution is -0.137. The first-order valence-corrected chi connectivity index (χ1v) is 10.8. The molecule has 0 aliphatic carbocycles. The lowest BCUT2D eigenvalue weighted by atomic mass is 10.1. The van der Waals surface area contributed by atoms with E-state index in [0.29, 0.717) is 16.7 Å². The van der Waals surface area contributed by atoms with Crippen LogP contribution in [0.25, 0.3) is 0 Å². The predicted octanol–water partition coefficient (Wildman–Crippen LogP) is 4.41. The first-order chi connectivity index (χ1) is 14.9. The van der Waals surface area contributed by atoms with Crippen LogP contribution in [0.3, 0.4) is 0 Å². The summed E-state index contributed by atoms with van der Waals surface area (Å²) in [4.78, 5) is 23.4. The minimum absolute atomic E-state index is 0.0486. The summed E-state index contributed by atoms with van der Waals surface area (Å²) in [5, 5.41) is 9.53. The summed E-state index contributed by atoms with van der Waals surface area (Å²) in [6.45, 7) is 5.55. The van der Waals surface area contributed by atoms with E-state index >= 15 is 0 Å². The lowest BCUT2D eigenvalue weighted by Gasteiger charge is -2.18. The maximum Gasteiger partial charge on any atom is 0.303 e. The molecule has 2 unspecified atom stereocenters. The minimum atomic E-state index is -0.732. The average molecular weight is 444 g/mol. The van der Waals surface area contributed by atoms with Crippen LogP contribution in [0.2, 0.25) is 5.02 Å². The second-order valence-electron chi connectivity index (χ2n) is 8.16. The fourth-order valence-corrected chi connectivity index (χ4v) is 4.12. The number of aliphatic imine (C=N–C) groups is 1. The summed E-state index contributed by atoms with van der Waals surface area (Å²) in [7, 11) is 0. The van der Waals surface area contributed by atoms with E-state index in [0.717, 1.165) is 36.3 Å². The summed E-state index contributed by atoms with van der Waals surface area (Å²) in [6, 6.07) is 13.6. The second kappa shape index (κ2) is 9.16. The van der Waals surface area contributed by atoms with Crippen LogP contribution in [0.4, 0.5) is 5.69 Å². The number of ether oxygens (including phenoxy) is 1. The number of benzene rings is 2. The van der Waals surface area contributed by atoms with Crippen LogP contribution >= 0.6 is 11.6 Å². The summed E-state index contributed by atoms with van der Waals surface area (Å²) >= 11 is 6.34. The number of anilines is 1. The topological polar surface area (TPSA) is 83.4 Å². The quantitative estimate of drug-likeness (QED) is 0.659. The number of halogens is 1. The number of carboxylic acid groups (broad SMARTS) is 1. The standard InChI is InChI=1S/C23H26ClN3O4/c1-14(2)30-20-8-5-17(12-19(20)24)22-25-23(31-26-22)16-3-6-18(7-4-16)27-10-9-15(13-27)11-21(28)29/h3-8,12,14-15,22,26H,9-11,13H2,1-2H3,(H,28,29). The molecule has 2 aliphatic heterocycles. The van der Waals surface area contributed by atoms with Crippen LogP contribution in [-0.4, -0.2) is 36.2 Å². The van der Waals surface area contributed by atoms with Crippen molar-refractivity contribution in [1.82, 2.24) is 5.48 Å². The predicted molar refractivity (Wildman–Crippen MR) is 120 cm³/mol. The third kappa shape index (κ3) is 5.11. The minimum Gasteiger partial charge on any atom is -0.489 e. The fraction of sp³-hybridized carbons (Fsp3) is 0.391. The Balaban J connectivity index is 1.42. The molecule has 1 saturated heterocycles. The van der Waals surface area contributed by atoms with Gasteiger partial charge in [-0.2, -0.15) is 0 Å². The van der Waals surface area contributed by atoms with Crippen molar-refractivity contribution in [3.05, 3.63) is 58.6 Å². The van der Waals surface area contributed by atoms with E-state index in [9.17, 15) is 4.79 Å². The number of aliphatic carboxylic acids is 1. The van der Waals surface area contributed by atoms with Crippen molar-refractivity contribution in [3.8, 4) is 5.75 Å². The number of nitrogens with zero attached hydrogens (tertiary/aromatic N) is 2. The highest BCUT2D eigenvalue weighted by molar-refractivity contribution is 6.32. The van der Waals surface area contributed by atoms with Crippen molar-refractivity contribution in [1.29, 1.82) is 0 Å². The molecule has 7 nitrogen and oxygen atoms in total. The molecule has 8 heteroatoms. The smallest absolute Gasteiger partial charge is 0.303 e. The highest BCUT2D eigenvalue weighted by Gasteiger charge is 2.26. The number of hydrogen-bond donors (Lipinski definition) is 2. The molecule has 2 N–H and O–H groups in total. The first-order valence-electron chi connectivity index (χ1n) is 10.4. The molecule has 4 rings (SSSR count). The van der Waals surface area contributed by atoms with Crippen molar-refractivity contribution in [3.63, 3.8) is 0 Å². The Bertz CT molecular complexity index is 977. The Hall–Kier alpha value is -2.77. The maximum absolute atomic E-state index is 10.9. The summed E-state index contributed by atoms with van der Waals surface area (Å²) in [5.74, 6) is 0.629. The maximum atomic E-state index is 10.9. The van der Waals surface area contributed by atoms with Gasteiger partial charge in [-0.1, -0.05) is 17.7 Å². The first kappa shape index (κ1) is 21.5.